The largest absolute Gasteiger partial charge is 0.396 e. The summed E-state index contributed by atoms with van der Waals surface area (Å²) in [6, 6.07) is 11.1. The zero-order chi connectivity index (χ0) is 27.1. The first kappa shape index (κ1) is 25.3. The quantitative estimate of drug-likeness (QED) is 0.178. The molecule has 4 aromatic rings. The molecule has 6 rings (SSSR count). The van der Waals surface area contributed by atoms with Crippen molar-refractivity contribution in [2.24, 2.45) is 10.6 Å². The van der Waals surface area contributed by atoms with Crippen molar-refractivity contribution in [3.05, 3.63) is 95.2 Å². The molecular formula is C28H26F4N6O. The summed E-state index contributed by atoms with van der Waals surface area (Å²) in [5.41, 5.74) is 3.77. The fourth-order valence-corrected chi connectivity index (χ4v) is 5.39. The second kappa shape index (κ2) is 9.96. The van der Waals surface area contributed by atoms with Gasteiger partial charge < -0.3 is 14.1 Å². The third-order valence-electron chi connectivity index (χ3n) is 7.17. The van der Waals surface area contributed by atoms with Crippen molar-refractivity contribution in [2.75, 3.05) is 37.7 Å². The summed E-state index contributed by atoms with van der Waals surface area (Å²) < 4.78 is 54.7. The minimum absolute atomic E-state index is 0.216. The summed E-state index contributed by atoms with van der Waals surface area (Å²) in [7, 11) is 0. The maximum absolute atomic E-state index is 13.8. The number of fused-ring (bicyclic) bond motifs is 1. The van der Waals surface area contributed by atoms with Crippen LogP contribution < -0.4 is 4.90 Å². The van der Waals surface area contributed by atoms with E-state index in [-0.39, 0.29) is 11.1 Å². The molecule has 0 amide bonds. The van der Waals surface area contributed by atoms with Gasteiger partial charge in [-0.3, -0.25) is 9.88 Å². The third kappa shape index (κ3) is 4.94. The molecule has 39 heavy (non-hydrogen) atoms. The van der Waals surface area contributed by atoms with Crippen LogP contribution in [-0.4, -0.2) is 57.8 Å². The Morgan fingerprint density at radius 1 is 1.05 bits per heavy atom. The lowest BCUT2D eigenvalue weighted by Crippen LogP contribution is -2.71. The Balaban J connectivity index is 1.06. The Morgan fingerprint density at radius 3 is 2.56 bits per heavy atom. The van der Waals surface area contributed by atoms with E-state index >= 15 is 0 Å². The predicted octanol–water partition coefficient (Wildman–Crippen LogP) is 5.06. The van der Waals surface area contributed by atoms with Crippen LogP contribution in [0.4, 0.5) is 23.2 Å². The number of nitrogens with zero attached hydrogens (tertiary/aromatic N) is 6. The molecule has 7 nitrogen and oxygen atoms in total. The highest BCUT2D eigenvalue weighted by molar-refractivity contribution is 6.11. The molecule has 3 aromatic heterocycles. The SMILES string of the molecule is CCO/N=C(\c1ccc(F)c(F)c1)c1ccc(CN2CC3(C2)CN(c2ccn4cc(C(F)F)nc4c2)C3)cn1. The number of hydrogen-bond donors (Lipinski definition) is 0. The molecule has 1 spiro atoms. The number of anilines is 1. The summed E-state index contributed by atoms with van der Waals surface area (Å²) in [6.45, 7) is 6.59. The van der Waals surface area contributed by atoms with Crippen LogP contribution in [0.2, 0.25) is 0 Å². The molecule has 2 aliphatic heterocycles. The average molecular weight is 539 g/mol. The third-order valence-corrected chi connectivity index (χ3v) is 7.17. The Bertz CT molecular complexity index is 1520. The molecule has 0 saturated carbocycles. The highest BCUT2D eigenvalue weighted by Gasteiger charge is 2.51. The van der Waals surface area contributed by atoms with Gasteiger partial charge in [0.05, 0.1) is 5.69 Å². The summed E-state index contributed by atoms with van der Waals surface area (Å²) in [4.78, 5) is 18.3. The Morgan fingerprint density at radius 2 is 1.87 bits per heavy atom. The minimum atomic E-state index is -2.59. The zero-order valence-corrected chi connectivity index (χ0v) is 21.2. The average Bonchev–Trinajstić information content (AvgIpc) is 3.32. The Labute approximate surface area is 222 Å². The van der Waals surface area contributed by atoms with Gasteiger partial charge in [-0.2, -0.15) is 0 Å². The first-order valence-corrected chi connectivity index (χ1v) is 12.7. The zero-order valence-electron chi connectivity index (χ0n) is 21.2. The monoisotopic (exact) mass is 538 g/mol. The molecule has 0 atom stereocenters. The van der Waals surface area contributed by atoms with Gasteiger partial charge in [0.25, 0.3) is 6.43 Å². The number of halogens is 4. The first-order valence-electron chi connectivity index (χ1n) is 12.7. The smallest absolute Gasteiger partial charge is 0.281 e. The van der Waals surface area contributed by atoms with Crippen molar-refractivity contribution in [1.82, 2.24) is 19.3 Å². The van der Waals surface area contributed by atoms with E-state index < -0.39 is 18.1 Å². The summed E-state index contributed by atoms with van der Waals surface area (Å²) in [5.74, 6) is -1.89. The minimum Gasteiger partial charge on any atom is -0.396 e. The number of rotatable bonds is 8. The lowest BCUT2D eigenvalue weighted by molar-refractivity contribution is -0.0273. The van der Waals surface area contributed by atoms with E-state index in [1.807, 2.05) is 18.2 Å². The normalized spacial score (nSPS) is 17.1. The van der Waals surface area contributed by atoms with Crippen molar-refractivity contribution in [2.45, 2.75) is 19.9 Å². The summed E-state index contributed by atoms with van der Waals surface area (Å²) >= 11 is 0. The van der Waals surface area contributed by atoms with Gasteiger partial charge in [-0.05, 0) is 42.8 Å². The van der Waals surface area contributed by atoms with Crippen LogP contribution in [0, 0.1) is 17.0 Å². The number of aromatic nitrogens is 3. The van der Waals surface area contributed by atoms with E-state index in [0.29, 0.717) is 29.2 Å². The fourth-order valence-electron chi connectivity index (χ4n) is 5.39. The van der Waals surface area contributed by atoms with Gasteiger partial charge in [0.1, 0.15) is 23.7 Å². The van der Waals surface area contributed by atoms with Gasteiger partial charge >= 0.3 is 0 Å². The number of oxime groups is 1. The van der Waals surface area contributed by atoms with Crippen molar-refractivity contribution < 1.29 is 22.4 Å². The molecule has 0 aliphatic carbocycles. The number of hydrogen-bond acceptors (Lipinski definition) is 6. The first-order chi connectivity index (χ1) is 18.8. The molecule has 11 heteroatoms. The molecule has 0 unspecified atom stereocenters. The van der Waals surface area contributed by atoms with E-state index in [0.717, 1.165) is 56.1 Å². The van der Waals surface area contributed by atoms with Gasteiger partial charge in [0, 0.05) is 74.0 Å². The highest BCUT2D eigenvalue weighted by atomic mass is 19.3. The number of likely N-dealkylation sites (tertiary alicyclic amines) is 1. The second-order valence-corrected chi connectivity index (χ2v) is 10.2. The van der Waals surface area contributed by atoms with Crippen LogP contribution in [-0.2, 0) is 11.4 Å². The molecule has 0 radical (unpaired) electrons. The summed E-state index contributed by atoms with van der Waals surface area (Å²) in [5, 5.41) is 4.08. The molecule has 1 aromatic carbocycles. The lowest BCUT2D eigenvalue weighted by Gasteiger charge is -2.61. The van der Waals surface area contributed by atoms with Gasteiger partial charge in [0.2, 0.25) is 0 Å². The van der Waals surface area contributed by atoms with E-state index in [4.69, 9.17) is 4.84 Å². The standard InChI is InChI=1S/C28H26F4N6O/c1-2-39-35-26(19-4-5-21(29)22(30)9-19)23-6-3-18(11-33-23)12-36-14-28(15-36)16-38(17-28)20-7-8-37-13-24(27(31)32)34-25(37)10-20/h3-11,13,27H,2,12,14-17H2,1H3/b35-26+. The van der Waals surface area contributed by atoms with Crippen LogP contribution in [0.15, 0.2) is 66.2 Å². The lowest BCUT2D eigenvalue weighted by atomic mass is 9.72. The van der Waals surface area contributed by atoms with Crippen molar-refractivity contribution in [1.29, 1.82) is 0 Å². The van der Waals surface area contributed by atoms with Gasteiger partial charge in [0.15, 0.2) is 11.6 Å². The number of imidazole rings is 1. The maximum Gasteiger partial charge on any atom is 0.281 e. The van der Waals surface area contributed by atoms with E-state index in [9.17, 15) is 17.6 Å². The van der Waals surface area contributed by atoms with E-state index in [1.165, 1.54) is 12.3 Å². The van der Waals surface area contributed by atoms with Crippen LogP contribution in [0.3, 0.4) is 0 Å². The number of pyridine rings is 2. The molecule has 2 fully saturated rings. The van der Waals surface area contributed by atoms with Crippen LogP contribution in [0.5, 0.6) is 0 Å². The van der Waals surface area contributed by atoms with Crippen LogP contribution in [0.1, 0.15) is 35.9 Å². The Hall–Kier alpha value is -3.99. The maximum atomic E-state index is 13.8. The Kier molecular flexibility index (Phi) is 6.46. The number of alkyl halides is 2. The van der Waals surface area contributed by atoms with Crippen molar-refractivity contribution in [3.8, 4) is 0 Å². The van der Waals surface area contributed by atoms with Crippen LogP contribution in [0.25, 0.3) is 5.65 Å². The van der Waals surface area contributed by atoms with Gasteiger partial charge in [-0.1, -0.05) is 11.2 Å². The number of benzene rings is 1. The topological polar surface area (TPSA) is 58.3 Å². The predicted molar refractivity (Wildman–Crippen MR) is 138 cm³/mol. The molecular weight excluding hydrogens is 512 g/mol. The molecule has 2 saturated heterocycles. The van der Waals surface area contributed by atoms with Crippen molar-refractivity contribution >= 4 is 17.0 Å². The highest BCUT2D eigenvalue weighted by Crippen LogP contribution is 2.42. The molecule has 2 aliphatic rings. The molecule has 202 valence electrons. The van der Waals surface area contributed by atoms with Crippen LogP contribution >= 0.6 is 0 Å². The molecule has 0 N–H and O–H groups in total. The van der Waals surface area contributed by atoms with E-state index in [1.54, 1.807) is 29.8 Å². The van der Waals surface area contributed by atoms with Crippen molar-refractivity contribution in [3.63, 3.8) is 0 Å². The molecule has 5 heterocycles. The fraction of sp³-hybridized carbons (Fsp3) is 0.321. The van der Waals surface area contributed by atoms with Gasteiger partial charge in [-0.15, -0.1) is 0 Å². The second-order valence-electron chi connectivity index (χ2n) is 10.2. The van der Waals surface area contributed by atoms with Gasteiger partial charge in [-0.25, -0.2) is 22.5 Å². The summed E-state index contributed by atoms with van der Waals surface area (Å²) in [6.07, 6.45) is 2.32. The molecule has 0 bridgehead atoms. The van der Waals surface area contributed by atoms with E-state index in [2.05, 4.69) is 24.9 Å².